The van der Waals surface area contributed by atoms with Crippen LogP contribution < -0.4 is 5.32 Å². The molecule has 1 saturated heterocycles. The summed E-state index contributed by atoms with van der Waals surface area (Å²) in [6.45, 7) is 4.32. The van der Waals surface area contributed by atoms with Gasteiger partial charge in [0.15, 0.2) is 0 Å². The molecule has 1 N–H and O–H groups in total. The first-order valence-corrected chi connectivity index (χ1v) is 10.0. The largest absolute Gasteiger partial charge is 0.373 e. The summed E-state index contributed by atoms with van der Waals surface area (Å²) >= 11 is 1.20. The van der Waals surface area contributed by atoms with E-state index in [0.717, 1.165) is 0 Å². The normalized spacial score (nSPS) is 21.8. The fraction of sp³-hybridized carbons (Fsp3) is 0.400. The maximum absolute atomic E-state index is 12.8. The first-order chi connectivity index (χ1) is 11.9. The second kappa shape index (κ2) is 7.16. The van der Waals surface area contributed by atoms with Crippen LogP contribution in [0.4, 0.5) is 5.13 Å². The maximum Gasteiger partial charge on any atom is 0.257 e. The monoisotopic (exact) mass is 382 g/mol. The lowest BCUT2D eigenvalue weighted by atomic mass is 10.2. The van der Waals surface area contributed by atoms with Gasteiger partial charge in [0.1, 0.15) is 5.51 Å². The van der Waals surface area contributed by atoms with Gasteiger partial charge in [-0.3, -0.25) is 10.1 Å². The number of rotatable bonds is 4. The molecule has 8 nitrogen and oxygen atoms in total. The van der Waals surface area contributed by atoms with E-state index in [9.17, 15) is 13.2 Å². The van der Waals surface area contributed by atoms with Gasteiger partial charge >= 0.3 is 0 Å². The van der Waals surface area contributed by atoms with Gasteiger partial charge in [0, 0.05) is 18.7 Å². The van der Waals surface area contributed by atoms with E-state index in [2.05, 4.69) is 15.5 Å². The van der Waals surface area contributed by atoms with Crippen LogP contribution in [-0.2, 0) is 14.8 Å². The molecule has 1 fully saturated rings. The van der Waals surface area contributed by atoms with Crippen molar-refractivity contribution < 1.29 is 17.9 Å². The van der Waals surface area contributed by atoms with E-state index < -0.39 is 10.0 Å². The predicted molar refractivity (Wildman–Crippen MR) is 93.1 cm³/mol. The molecule has 1 aromatic heterocycles. The summed E-state index contributed by atoms with van der Waals surface area (Å²) in [7, 11) is -3.62. The fourth-order valence-electron chi connectivity index (χ4n) is 2.65. The summed E-state index contributed by atoms with van der Waals surface area (Å²) in [5.41, 5.74) is 1.85. The Morgan fingerprint density at radius 3 is 2.44 bits per heavy atom. The molecule has 0 radical (unpaired) electrons. The van der Waals surface area contributed by atoms with E-state index in [1.165, 1.54) is 45.4 Å². The number of aromatic nitrogens is 2. The van der Waals surface area contributed by atoms with Crippen LogP contribution in [-0.4, -0.2) is 54.1 Å². The molecule has 2 heterocycles. The van der Waals surface area contributed by atoms with Gasteiger partial charge in [-0.05, 0) is 38.1 Å². The van der Waals surface area contributed by atoms with Crippen molar-refractivity contribution in [2.75, 3.05) is 18.4 Å². The van der Waals surface area contributed by atoms with Crippen LogP contribution in [0.5, 0.6) is 0 Å². The third-order valence-corrected chi connectivity index (χ3v) is 6.17. The van der Waals surface area contributed by atoms with Crippen molar-refractivity contribution in [3.05, 3.63) is 35.3 Å². The topological polar surface area (TPSA) is 101 Å². The van der Waals surface area contributed by atoms with Crippen LogP contribution in [0.3, 0.4) is 0 Å². The summed E-state index contributed by atoms with van der Waals surface area (Å²) in [6.07, 6.45) is -0.314. The van der Waals surface area contributed by atoms with Crippen molar-refractivity contribution in [3.63, 3.8) is 0 Å². The van der Waals surface area contributed by atoms with Gasteiger partial charge < -0.3 is 4.74 Å². The Morgan fingerprint density at radius 1 is 1.24 bits per heavy atom. The van der Waals surface area contributed by atoms with E-state index in [4.69, 9.17) is 4.74 Å². The predicted octanol–water partition coefficient (Wildman–Crippen LogP) is 1.59. The Balaban J connectivity index is 1.76. The molecule has 0 unspecified atom stereocenters. The number of amides is 1. The van der Waals surface area contributed by atoms with Crippen LogP contribution in [0.25, 0.3) is 0 Å². The van der Waals surface area contributed by atoms with Crippen molar-refractivity contribution in [2.45, 2.75) is 31.0 Å². The van der Waals surface area contributed by atoms with Gasteiger partial charge in [-0.25, -0.2) is 8.42 Å². The molecule has 3 rings (SSSR count). The zero-order valence-electron chi connectivity index (χ0n) is 13.7. The van der Waals surface area contributed by atoms with Crippen molar-refractivity contribution in [1.82, 2.24) is 14.5 Å². The van der Waals surface area contributed by atoms with E-state index in [0.29, 0.717) is 23.8 Å². The summed E-state index contributed by atoms with van der Waals surface area (Å²) < 4.78 is 32.5. The Morgan fingerprint density at radius 2 is 1.88 bits per heavy atom. The minimum absolute atomic E-state index is 0.154. The highest BCUT2D eigenvalue weighted by Gasteiger charge is 2.32. The number of morpholine rings is 1. The Hall–Kier alpha value is -1.88. The Labute approximate surface area is 149 Å². The van der Waals surface area contributed by atoms with Gasteiger partial charge in [0.05, 0.1) is 17.1 Å². The molecule has 0 saturated carbocycles. The lowest BCUT2D eigenvalue weighted by Gasteiger charge is -2.34. The van der Waals surface area contributed by atoms with Crippen LogP contribution >= 0.6 is 11.3 Å². The van der Waals surface area contributed by atoms with Crippen LogP contribution in [0.15, 0.2) is 34.7 Å². The van der Waals surface area contributed by atoms with E-state index in [-0.39, 0.29) is 23.0 Å². The molecule has 2 aromatic rings. The molecule has 1 aromatic carbocycles. The molecule has 0 aliphatic carbocycles. The standard InChI is InChI=1S/C15H18N4O4S2/c1-10-7-19(8-11(2)23-10)25(21,22)13-5-3-12(4-6-13)14(20)17-15-18-16-9-24-15/h3-6,9-11H,7-8H2,1-2H3,(H,17,18,20)/t10-,11-/m0/s1. The molecular weight excluding hydrogens is 364 g/mol. The van der Waals surface area contributed by atoms with Gasteiger partial charge in [0.2, 0.25) is 15.2 Å². The molecule has 0 bridgehead atoms. The zero-order valence-corrected chi connectivity index (χ0v) is 15.4. The van der Waals surface area contributed by atoms with E-state index in [1.807, 2.05) is 13.8 Å². The molecule has 1 aliphatic heterocycles. The van der Waals surface area contributed by atoms with Gasteiger partial charge in [-0.15, -0.1) is 10.2 Å². The molecule has 10 heteroatoms. The summed E-state index contributed by atoms with van der Waals surface area (Å²) in [5, 5.41) is 10.4. The third kappa shape index (κ3) is 4.03. The first kappa shape index (κ1) is 17.9. The average molecular weight is 382 g/mol. The number of anilines is 1. The molecule has 134 valence electrons. The highest BCUT2D eigenvalue weighted by Crippen LogP contribution is 2.22. The summed E-state index contributed by atoms with van der Waals surface area (Å²) in [6, 6.07) is 5.84. The lowest BCUT2D eigenvalue weighted by Crippen LogP contribution is -2.48. The van der Waals surface area contributed by atoms with Crippen LogP contribution in [0.1, 0.15) is 24.2 Å². The Kier molecular flexibility index (Phi) is 5.13. The van der Waals surface area contributed by atoms with Gasteiger partial charge in [0.25, 0.3) is 5.91 Å². The second-order valence-electron chi connectivity index (χ2n) is 5.80. The average Bonchev–Trinajstić information content (AvgIpc) is 3.07. The molecule has 0 spiro atoms. The number of sulfonamides is 1. The number of hydrogen-bond acceptors (Lipinski definition) is 7. The maximum atomic E-state index is 12.8. The molecule has 2 atom stereocenters. The molecule has 1 aliphatic rings. The highest BCUT2D eigenvalue weighted by atomic mass is 32.2. The first-order valence-electron chi connectivity index (χ1n) is 7.69. The minimum atomic E-state index is -3.62. The lowest BCUT2D eigenvalue weighted by molar-refractivity contribution is -0.0440. The van der Waals surface area contributed by atoms with E-state index >= 15 is 0 Å². The Bertz CT molecular complexity index is 827. The van der Waals surface area contributed by atoms with Gasteiger partial charge in [-0.1, -0.05) is 11.3 Å². The van der Waals surface area contributed by atoms with E-state index in [1.54, 1.807) is 0 Å². The van der Waals surface area contributed by atoms with Crippen molar-refractivity contribution in [3.8, 4) is 0 Å². The van der Waals surface area contributed by atoms with Crippen LogP contribution in [0.2, 0.25) is 0 Å². The number of hydrogen-bond donors (Lipinski definition) is 1. The summed E-state index contributed by atoms with van der Waals surface area (Å²) in [5.74, 6) is -0.366. The number of nitrogens with one attached hydrogen (secondary N) is 1. The smallest absolute Gasteiger partial charge is 0.257 e. The van der Waals surface area contributed by atoms with Crippen LogP contribution in [0, 0.1) is 0 Å². The number of ether oxygens (including phenoxy) is 1. The number of carbonyl (C=O) groups excluding carboxylic acids is 1. The molecule has 1 amide bonds. The fourth-order valence-corrected chi connectivity index (χ4v) is 4.68. The zero-order chi connectivity index (χ0) is 18.0. The second-order valence-corrected chi connectivity index (χ2v) is 8.57. The van der Waals surface area contributed by atoms with Crippen molar-refractivity contribution in [2.24, 2.45) is 0 Å². The van der Waals surface area contributed by atoms with Gasteiger partial charge in [-0.2, -0.15) is 4.31 Å². The number of nitrogens with zero attached hydrogens (tertiary/aromatic N) is 3. The number of carbonyl (C=O) groups is 1. The summed E-state index contributed by atoms with van der Waals surface area (Å²) in [4.78, 5) is 12.3. The SMILES string of the molecule is C[C@H]1CN(S(=O)(=O)c2ccc(C(=O)Nc3nncs3)cc2)C[C@H](C)O1. The highest BCUT2D eigenvalue weighted by molar-refractivity contribution is 7.89. The molecular formula is C15H18N4O4S2. The third-order valence-electron chi connectivity index (χ3n) is 3.72. The minimum Gasteiger partial charge on any atom is -0.373 e. The quantitative estimate of drug-likeness (QED) is 0.862. The van der Waals surface area contributed by atoms with Crippen molar-refractivity contribution >= 4 is 32.4 Å². The number of benzene rings is 1. The molecule has 25 heavy (non-hydrogen) atoms. The van der Waals surface area contributed by atoms with Crippen molar-refractivity contribution in [1.29, 1.82) is 0 Å².